The van der Waals surface area contributed by atoms with Gasteiger partial charge in [0.1, 0.15) is 5.75 Å². The van der Waals surface area contributed by atoms with Crippen LogP contribution in [0.2, 0.25) is 0 Å². The molecule has 5 nitrogen and oxygen atoms in total. The number of anilines is 1. The molecule has 0 amide bonds. The van der Waals surface area contributed by atoms with Gasteiger partial charge >= 0.3 is 0 Å². The first-order valence-corrected chi connectivity index (χ1v) is 11.1. The van der Waals surface area contributed by atoms with E-state index < -0.39 is 9.84 Å². The van der Waals surface area contributed by atoms with E-state index in [2.05, 4.69) is 10.3 Å². The van der Waals surface area contributed by atoms with Gasteiger partial charge in [0, 0.05) is 12.6 Å². The molecule has 1 heterocycles. The van der Waals surface area contributed by atoms with Crippen molar-refractivity contribution < 1.29 is 18.1 Å². The molecule has 0 saturated carbocycles. The van der Waals surface area contributed by atoms with Crippen molar-refractivity contribution in [2.75, 3.05) is 12.4 Å². The van der Waals surface area contributed by atoms with Crippen molar-refractivity contribution in [1.82, 2.24) is 0 Å². The Balaban J connectivity index is 1.88. The minimum atomic E-state index is -3.74. The van der Waals surface area contributed by atoms with Crippen molar-refractivity contribution in [3.05, 3.63) is 90.1 Å². The first kappa shape index (κ1) is 19.9. The minimum absolute atomic E-state index is 0.197. The number of hydrogen-bond acceptors (Lipinski definition) is 4. The molecule has 30 heavy (non-hydrogen) atoms. The number of aromatic amines is 1. The van der Waals surface area contributed by atoms with Crippen LogP contribution in [0.15, 0.2) is 88.8 Å². The van der Waals surface area contributed by atoms with Crippen molar-refractivity contribution in [3.63, 3.8) is 0 Å². The van der Waals surface area contributed by atoms with Crippen molar-refractivity contribution in [1.29, 1.82) is 0 Å². The molecule has 0 aliphatic heterocycles. The van der Waals surface area contributed by atoms with E-state index in [0.717, 1.165) is 22.0 Å². The number of pyridine rings is 1. The van der Waals surface area contributed by atoms with Gasteiger partial charge in [0.05, 0.1) is 23.1 Å². The molecule has 0 radical (unpaired) electrons. The maximum absolute atomic E-state index is 13.5. The van der Waals surface area contributed by atoms with Gasteiger partial charge in [-0.15, -0.1) is 0 Å². The Kier molecular flexibility index (Phi) is 5.42. The van der Waals surface area contributed by atoms with Gasteiger partial charge in [-0.2, -0.15) is 0 Å². The van der Waals surface area contributed by atoms with Crippen LogP contribution in [0.3, 0.4) is 0 Å². The number of aryl methyl sites for hydroxylation is 1. The lowest BCUT2D eigenvalue weighted by molar-refractivity contribution is -0.347. The SMILES string of the molecule is COc1ccc2[nH+]cc(S(=O)(=O)c3ccc(C)cc3)c(NCc3ccccc3)c2c1. The number of H-pyrrole nitrogens is 1. The van der Waals surface area contributed by atoms with Crippen molar-refractivity contribution in [2.45, 2.75) is 23.3 Å². The fraction of sp³-hybridized carbons (Fsp3) is 0.125. The molecule has 0 unspecified atom stereocenters. The number of ether oxygens (including phenoxy) is 1. The molecule has 0 atom stereocenters. The monoisotopic (exact) mass is 419 g/mol. The third-order valence-electron chi connectivity index (χ3n) is 5.03. The molecule has 0 aliphatic rings. The minimum Gasteiger partial charge on any atom is -0.497 e. The third-order valence-corrected chi connectivity index (χ3v) is 6.83. The van der Waals surface area contributed by atoms with Crippen LogP contribution >= 0.6 is 0 Å². The van der Waals surface area contributed by atoms with Gasteiger partial charge in [-0.3, -0.25) is 0 Å². The average molecular weight is 420 g/mol. The molecule has 0 spiro atoms. The number of nitrogens with one attached hydrogen (secondary N) is 2. The Bertz CT molecular complexity index is 1290. The highest BCUT2D eigenvalue weighted by molar-refractivity contribution is 7.91. The van der Waals surface area contributed by atoms with Crippen molar-refractivity contribution in [2.24, 2.45) is 0 Å². The summed E-state index contributed by atoms with van der Waals surface area (Å²) in [6, 6.07) is 22.3. The zero-order valence-corrected chi connectivity index (χ0v) is 17.7. The zero-order valence-electron chi connectivity index (χ0n) is 16.8. The third kappa shape index (κ3) is 3.86. The van der Waals surface area contributed by atoms with Crippen LogP contribution in [0.25, 0.3) is 10.9 Å². The summed E-state index contributed by atoms with van der Waals surface area (Å²) >= 11 is 0. The number of fused-ring (bicyclic) bond motifs is 1. The smallest absolute Gasteiger partial charge is 0.214 e. The fourth-order valence-electron chi connectivity index (χ4n) is 3.36. The second-order valence-electron chi connectivity index (χ2n) is 7.10. The molecule has 0 fully saturated rings. The van der Waals surface area contributed by atoms with E-state index in [1.165, 1.54) is 0 Å². The Hall–Kier alpha value is -3.38. The number of rotatable bonds is 6. The number of hydrogen-bond donors (Lipinski definition) is 1. The topological polar surface area (TPSA) is 69.5 Å². The molecular weight excluding hydrogens is 396 g/mol. The molecular formula is C24H23N2O3S+. The van der Waals surface area contributed by atoms with Crippen LogP contribution in [0.1, 0.15) is 11.1 Å². The normalized spacial score (nSPS) is 11.4. The average Bonchev–Trinajstić information content (AvgIpc) is 2.77. The van der Waals surface area contributed by atoms with Crippen LogP contribution in [-0.2, 0) is 16.4 Å². The Labute approximate surface area is 176 Å². The van der Waals surface area contributed by atoms with Gasteiger partial charge in [0.2, 0.25) is 15.4 Å². The van der Waals surface area contributed by atoms with E-state index in [1.807, 2.05) is 55.5 Å². The lowest BCUT2D eigenvalue weighted by atomic mass is 10.1. The van der Waals surface area contributed by atoms with E-state index in [4.69, 9.17) is 4.74 Å². The van der Waals surface area contributed by atoms with Crippen molar-refractivity contribution >= 4 is 26.4 Å². The molecule has 0 bridgehead atoms. The Morgan fingerprint density at radius 3 is 2.40 bits per heavy atom. The highest BCUT2D eigenvalue weighted by atomic mass is 32.2. The summed E-state index contributed by atoms with van der Waals surface area (Å²) in [4.78, 5) is 3.58. The quantitative estimate of drug-likeness (QED) is 0.502. The van der Waals surface area contributed by atoms with E-state index >= 15 is 0 Å². The summed E-state index contributed by atoms with van der Waals surface area (Å²) in [5.41, 5.74) is 3.42. The van der Waals surface area contributed by atoms with Gasteiger partial charge < -0.3 is 10.1 Å². The molecule has 1 aromatic heterocycles. The molecule has 4 rings (SSSR count). The Morgan fingerprint density at radius 1 is 0.967 bits per heavy atom. The number of sulfone groups is 1. The van der Waals surface area contributed by atoms with Crippen molar-refractivity contribution in [3.8, 4) is 5.75 Å². The molecule has 152 valence electrons. The lowest BCUT2D eigenvalue weighted by Gasteiger charge is -2.14. The Morgan fingerprint density at radius 2 is 1.70 bits per heavy atom. The second kappa shape index (κ2) is 8.16. The van der Waals surface area contributed by atoms with E-state index in [-0.39, 0.29) is 9.79 Å². The van der Waals surface area contributed by atoms with Crippen LogP contribution in [-0.4, -0.2) is 15.5 Å². The molecule has 4 aromatic rings. The maximum Gasteiger partial charge on any atom is 0.214 e. The summed E-state index contributed by atoms with van der Waals surface area (Å²) < 4.78 is 32.3. The van der Waals surface area contributed by atoms with Gasteiger partial charge in [-0.05, 0) is 36.8 Å². The molecule has 2 N–H and O–H groups in total. The van der Waals surface area contributed by atoms with E-state index in [9.17, 15) is 8.42 Å². The summed E-state index contributed by atoms with van der Waals surface area (Å²) in [5.74, 6) is 0.656. The number of aromatic nitrogens is 1. The maximum atomic E-state index is 13.5. The molecule has 6 heteroatoms. The molecule has 0 saturated heterocycles. The summed E-state index contributed by atoms with van der Waals surface area (Å²) in [6.07, 6.45) is 1.55. The van der Waals surface area contributed by atoms with Crippen LogP contribution in [0.4, 0.5) is 5.69 Å². The lowest BCUT2D eigenvalue weighted by Crippen LogP contribution is -2.15. The number of benzene rings is 3. The van der Waals surface area contributed by atoms with Gasteiger partial charge in [-0.1, -0.05) is 48.0 Å². The fourth-order valence-corrected chi connectivity index (χ4v) is 4.77. The standard InChI is InChI=1S/C24H22N2O3S/c1-17-8-11-20(12-9-17)30(27,28)23-16-25-22-13-10-19(29-2)14-21(22)24(23)26-15-18-6-4-3-5-7-18/h3-14,16H,15H2,1-2H3,(H,25,26)/p+1. The number of methoxy groups -OCH3 is 1. The van der Waals surface area contributed by atoms with Crippen LogP contribution < -0.4 is 15.0 Å². The first-order chi connectivity index (χ1) is 14.5. The summed E-state index contributed by atoms with van der Waals surface area (Å²) in [5, 5.41) is 4.10. The van der Waals surface area contributed by atoms with Gasteiger partial charge in [-0.25, -0.2) is 13.4 Å². The predicted molar refractivity (Wildman–Crippen MR) is 117 cm³/mol. The first-order valence-electron chi connectivity index (χ1n) is 9.61. The highest BCUT2D eigenvalue weighted by Gasteiger charge is 2.26. The van der Waals surface area contributed by atoms with Gasteiger partial charge in [0.25, 0.3) is 0 Å². The largest absolute Gasteiger partial charge is 0.497 e. The van der Waals surface area contributed by atoms with Crippen LogP contribution in [0, 0.1) is 6.92 Å². The summed E-state index contributed by atoms with van der Waals surface area (Å²) in [7, 11) is -2.14. The second-order valence-corrected chi connectivity index (χ2v) is 9.01. The van der Waals surface area contributed by atoms with Gasteiger partial charge in [0.15, 0.2) is 11.1 Å². The van der Waals surface area contributed by atoms with E-state index in [1.54, 1.807) is 37.6 Å². The highest BCUT2D eigenvalue weighted by Crippen LogP contribution is 2.34. The summed E-state index contributed by atoms with van der Waals surface area (Å²) in [6.45, 7) is 2.42. The molecule has 3 aromatic carbocycles. The molecule has 0 aliphatic carbocycles. The van der Waals surface area contributed by atoms with E-state index in [0.29, 0.717) is 18.0 Å². The predicted octanol–water partition coefficient (Wildman–Crippen LogP) is 4.42. The van der Waals surface area contributed by atoms with Crippen LogP contribution in [0.5, 0.6) is 5.75 Å². The zero-order chi connectivity index (χ0) is 21.1.